The molecule has 0 aromatic rings. The van der Waals surface area contributed by atoms with Crippen molar-refractivity contribution in [1.82, 2.24) is 0 Å². The number of rotatable bonds is 3. The Bertz CT molecular complexity index is 511. The number of hydrogen-bond donors (Lipinski definition) is 1. The topological polar surface area (TPSA) is 116 Å². The number of esters is 2. The minimum atomic E-state index is -4.43. The van der Waals surface area contributed by atoms with Crippen LogP contribution < -0.4 is 0 Å². The van der Waals surface area contributed by atoms with Crippen LogP contribution in [0.3, 0.4) is 0 Å². The maximum Gasteiger partial charge on any atom is 0.324 e. The van der Waals surface area contributed by atoms with Gasteiger partial charge in [-0.25, -0.2) is 0 Å². The van der Waals surface area contributed by atoms with Gasteiger partial charge < -0.3 is 14.2 Å². The first kappa shape index (κ1) is 11.9. The fourth-order valence-corrected chi connectivity index (χ4v) is 3.08. The predicted molar refractivity (Wildman–Crippen MR) is 52.9 cm³/mol. The van der Waals surface area contributed by atoms with E-state index >= 15 is 0 Å². The molecule has 3 heterocycles. The van der Waals surface area contributed by atoms with Crippen molar-refractivity contribution in [3.8, 4) is 0 Å². The number of carbonyl (C=O) groups excluding carboxylic acids is 2. The van der Waals surface area contributed by atoms with Gasteiger partial charge in [-0.2, -0.15) is 8.42 Å². The molecule has 5 atom stereocenters. The standard InChI is InChI=1S/C9H10O8S/c10-5(2-18(12,13)14)16-7-4-1-3-6(15-4)8(7)17-9(3)11/h3-4,6-8H,1-2H2,(H,12,13,14). The van der Waals surface area contributed by atoms with Crippen LogP contribution in [0.25, 0.3) is 0 Å². The van der Waals surface area contributed by atoms with Crippen molar-refractivity contribution in [1.29, 1.82) is 0 Å². The minimum absolute atomic E-state index is 0.309. The Morgan fingerprint density at radius 3 is 2.83 bits per heavy atom. The van der Waals surface area contributed by atoms with Gasteiger partial charge in [0.15, 0.2) is 18.0 Å². The molecule has 3 fully saturated rings. The average Bonchev–Trinajstić information content (AvgIpc) is 2.79. The third-order valence-electron chi connectivity index (χ3n) is 3.35. The molecular weight excluding hydrogens is 268 g/mol. The van der Waals surface area contributed by atoms with Gasteiger partial charge in [-0.3, -0.25) is 14.1 Å². The fourth-order valence-electron chi connectivity index (χ4n) is 2.72. The Morgan fingerprint density at radius 1 is 1.44 bits per heavy atom. The SMILES string of the molecule is O=C(CS(=O)(=O)O)OC1C2CC3C(=O)OC1C3O2. The zero-order valence-electron chi connectivity index (χ0n) is 9.01. The van der Waals surface area contributed by atoms with Crippen molar-refractivity contribution in [2.75, 3.05) is 5.75 Å². The van der Waals surface area contributed by atoms with E-state index in [2.05, 4.69) is 0 Å². The van der Waals surface area contributed by atoms with E-state index in [-0.39, 0.29) is 11.9 Å². The molecule has 0 aromatic carbocycles. The van der Waals surface area contributed by atoms with Gasteiger partial charge in [-0.05, 0) is 6.42 Å². The van der Waals surface area contributed by atoms with Crippen LogP contribution in [-0.4, -0.2) is 55.1 Å². The molecule has 0 aromatic heterocycles. The molecule has 0 aliphatic carbocycles. The largest absolute Gasteiger partial charge is 0.455 e. The molecule has 2 bridgehead atoms. The van der Waals surface area contributed by atoms with Gasteiger partial charge in [0.25, 0.3) is 10.1 Å². The lowest BCUT2D eigenvalue weighted by Gasteiger charge is -2.21. The Hall–Kier alpha value is -1.19. The molecule has 1 N–H and O–H groups in total. The van der Waals surface area contributed by atoms with Crippen LogP contribution in [0.1, 0.15) is 6.42 Å². The Kier molecular flexibility index (Phi) is 2.41. The van der Waals surface area contributed by atoms with Gasteiger partial charge in [0, 0.05) is 0 Å². The molecule has 3 aliphatic rings. The van der Waals surface area contributed by atoms with E-state index in [0.717, 1.165) is 0 Å². The lowest BCUT2D eigenvalue weighted by Crippen LogP contribution is -2.41. The molecular formula is C9H10O8S. The summed E-state index contributed by atoms with van der Waals surface area (Å²) in [7, 11) is -4.43. The lowest BCUT2D eigenvalue weighted by atomic mass is 9.88. The highest BCUT2D eigenvalue weighted by molar-refractivity contribution is 7.86. The van der Waals surface area contributed by atoms with Crippen LogP contribution in [0.15, 0.2) is 0 Å². The first-order valence-electron chi connectivity index (χ1n) is 5.36. The quantitative estimate of drug-likeness (QED) is 0.489. The second-order valence-corrected chi connectivity index (χ2v) is 6.02. The summed E-state index contributed by atoms with van der Waals surface area (Å²) in [5.41, 5.74) is 0. The van der Waals surface area contributed by atoms with Gasteiger partial charge in [0.05, 0.1) is 12.0 Å². The third kappa shape index (κ3) is 1.78. The third-order valence-corrected chi connectivity index (χ3v) is 3.95. The highest BCUT2D eigenvalue weighted by Crippen LogP contribution is 2.47. The van der Waals surface area contributed by atoms with E-state index < -0.39 is 46.3 Å². The summed E-state index contributed by atoms with van der Waals surface area (Å²) >= 11 is 0. The maximum absolute atomic E-state index is 11.4. The molecule has 0 amide bonds. The molecule has 3 rings (SSSR count). The normalized spacial score (nSPS) is 40.9. The zero-order valence-corrected chi connectivity index (χ0v) is 9.83. The van der Waals surface area contributed by atoms with Crippen molar-refractivity contribution in [3.63, 3.8) is 0 Å². The molecule has 0 spiro atoms. The predicted octanol–water partition coefficient (Wildman–Crippen LogP) is -1.50. The van der Waals surface area contributed by atoms with E-state index in [0.29, 0.717) is 6.42 Å². The number of fused-ring (bicyclic) bond motifs is 1. The van der Waals surface area contributed by atoms with Crippen molar-refractivity contribution in [2.24, 2.45) is 5.92 Å². The fraction of sp³-hybridized carbons (Fsp3) is 0.778. The van der Waals surface area contributed by atoms with E-state index in [1.54, 1.807) is 0 Å². The Labute approximate surface area is 102 Å². The average molecular weight is 278 g/mol. The van der Waals surface area contributed by atoms with Crippen LogP contribution in [0.2, 0.25) is 0 Å². The van der Waals surface area contributed by atoms with E-state index in [9.17, 15) is 18.0 Å². The highest BCUT2D eigenvalue weighted by Gasteiger charge is 2.65. The summed E-state index contributed by atoms with van der Waals surface area (Å²) in [5.74, 6) is -2.89. The number of hydrogen-bond acceptors (Lipinski definition) is 7. The molecule has 0 radical (unpaired) electrons. The van der Waals surface area contributed by atoms with Crippen LogP contribution in [0.5, 0.6) is 0 Å². The van der Waals surface area contributed by atoms with E-state index in [1.807, 2.05) is 0 Å². The molecule has 3 saturated heterocycles. The van der Waals surface area contributed by atoms with Crippen LogP contribution in [-0.2, 0) is 33.9 Å². The van der Waals surface area contributed by atoms with Crippen molar-refractivity contribution in [2.45, 2.75) is 30.8 Å². The molecule has 100 valence electrons. The molecule has 0 saturated carbocycles. The Morgan fingerprint density at radius 2 is 2.17 bits per heavy atom. The van der Waals surface area contributed by atoms with Crippen molar-refractivity contribution in [3.05, 3.63) is 0 Å². The molecule has 18 heavy (non-hydrogen) atoms. The summed E-state index contributed by atoms with van der Waals surface area (Å²) < 4.78 is 45.0. The molecule has 8 nitrogen and oxygen atoms in total. The van der Waals surface area contributed by atoms with Crippen molar-refractivity contribution < 1.29 is 36.8 Å². The molecule has 5 unspecified atom stereocenters. The summed E-state index contributed by atoms with van der Waals surface area (Å²) in [5, 5.41) is 0. The summed E-state index contributed by atoms with van der Waals surface area (Å²) in [4.78, 5) is 22.7. The summed E-state index contributed by atoms with van der Waals surface area (Å²) in [6.45, 7) is 0. The zero-order chi connectivity index (χ0) is 13.1. The van der Waals surface area contributed by atoms with E-state index in [1.165, 1.54) is 0 Å². The molecule has 3 aliphatic heterocycles. The van der Waals surface area contributed by atoms with Gasteiger partial charge >= 0.3 is 11.9 Å². The first-order chi connectivity index (χ1) is 8.35. The summed E-state index contributed by atoms with van der Waals surface area (Å²) in [6.07, 6.45) is -1.89. The second-order valence-electron chi connectivity index (χ2n) is 4.56. The van der Waals surface area contributed by atoms with Crippen molar-refractivity contribution >= 4 is 22.1 Å². The number of carbonyl (C=O) groups is 2. The maximum atomic E-state index is 11.4. The summed E-state index contributed by atoms with van der Waals surface area (Å²) in [6, 6.07) is 0. The highest BCUT2D eigenvalue weighted by atomic mass is 32.2. The van der Waals surface area contributed by atoms with E-state index in [4.69, 9.17) is 18.8 Å². The van der Waals surface area contributed by atoms with Gasteiger partial charge in [-0.1, -0.05) is 0 Å². The first-order valence-corrected chi connectivity index (χ1v) is 6.97. The van der Waals surface area contributed by atoms with Crippen LogP contribution in [0.4, 0.5) is 0 Å². The second kappa shape index (κ2) is 3.65. The number of ether oxygens (including phenoxy) is 3. The smallest absolute Gasteiger partial charge is 0.324 e. The monoisotopic (exact) mass is 278 g/mol. The Balaban J connectivity index is 1.69. The van der Waals surface area contributed by atoms with Gasteiger partial charge in [0.2, 0.25) is 0 Å². The van der Waals surface area contributed by atoms with Gasteiger partial charge in [0.1, 0.15) is 6.10 Å². The molecule has 9 heteroatoms. The van der Waals surface area contributed by atoms with Crippen LogP contribution in [0, 0.1) is 5.92 Å². The minimum Gasteiger partial charge on any atom is -0.455 e. The van der Waals surface area contributed by atoms with Gasteiger partial charge in [-0.15, -0.1) is 0 Å². The lowest BCUT2D eigenvalue weighted by molar-refractivity contribution is -0.158. The van der Waals surface area contributed by atoms with Crippen LogP contribution >= 0.6 is 0 Å².